The minimum Gasteiger partial charge on any atom is -0.284 e. The molecule has 0 radical (unpaired) electrons. The number of benzene rings is 1. The van der Waals surface area contributed by atoms with Gasteiger partial charge in [0.15, 0.2) is 9.84 Å². The van der Waals surface area contributed by atoms with Gasteiger partial charge in [-0.2, -0.15) is 13.2 Å². The van der Waals surface area contributed by atoms with Gasteiger partial charge in [0.25, 0.3) is 5.78 Å². The first-order valence-electron chi connectivity index (χ1n) is 5.69. The summed E-state index contributed by atoms with van der Waals surface area (Å²) in [7, 11) is -3.98. The molecule has 0 saturated heterocycles. The number of allylic oxidation sites excluding steroid dienone is 1. The van der Waals surface area contributed by atoms with Gasteiger partial charge in [-0.25, -0.2) is 8.42 Å². The van der Waals surface area contributed by atoms with E-state index in [0.29, 0.717) is 0 Å². The fourth-order valence-corrected chi connectivity index (χ4v) is 3.05. The van der Waals surface area contributed by atoms with Crippen LogP contribution in [0.4, 0.5) is 13.2 Å². The fraction of sp³-hybridized carbons (Fsp3) is 0.308. The molecule has 20 heavy (non-hydrogen) atoms. The van der Waals surface area contributed by atoms with Crippen LogP contribution in [0.1, 0.15) is 18.9 Å². The molecule has 0 aliphatic heterocycles. The van der Waals surface area contributed by atoms with Crippen molar-refractivity contribution in [3.8, 4) is 0 Å². The normalized spacial score (nSPS) is 13.8. The fourth-order valence-electron chi connectivity index (χ4n) is 1.80. The van der Waals surface area contributed by atoms with Crippen molar-refractivity contribution in [1.82, 2.24) is 0 Å². The summed E-state index contributed by atoms with van der Waals surface area (Å²) in [6.07, 6.45) is -4.64. The topological polar surface area (TPSA) is 51.2 Å². The number of alkyl halides is 3. The van der Waals surface area contributed by atoms with E-state index in [1.165, 1.54) is 31.2 Å². The van der Waals surface area contributed by atoms with Crippen LogP contribution in [0.15, 0.2) is 35.9 Å². The van der Waals surface area contributed by atoms with Crippen molar-refractivity contribution in [3.05, 3.63) is 41.5 Å². The van der Waals surface area contributed by atoms with Crippen molar-refractivity contribution in [3.63, 3.8) is 0 Å². The number of hydrogen-bond acceptors (Lipinski definition) is 3. The summed E-state index contributed by atoms with van der Waals surface area (Å²) in [5.41, 5.74) is -0.671. The maximum atomic E-state index is 12.6. The maximum Gasteiger partial charge on any atom is 0.454 e. The summed E-state index contributed by atoms with van der Waals surface area (Å²) in [5.74, 6) is -2.12. The second-order valence-corrected chi connectivity index (χ2v) is 6.08. The van der Waals surface area contributed by atoms with E-state index in [2.05, 4.69) is 0 Å². The number of Topliss-reactive ketones (excluding diaryl/α,β-unsaturated/α-hetero) is 1. The molecule has 0 spiro atoms. The number of carbonyl (C=O) groups excluding carboxylic acids is 1. The molecule has 1 rings (SSSR count). The summed E-state index contributed by atoms with van der Waals surface area (Å²) in [5, 5.41) is 0. The minimum atomic E-state index is -5.10. The van der Waals surface area contributed by atoms with E-state index in [9.17, 15) is 26.4 Å². The number of halogens is 3. The van der Waals surface area contributed by atoms with Gasteiger partial charge >= 0.3 is 6.18 Å². The van der Waals surface area contributed by atoms with E-state index in [0.717, 1.165) is 6.26 Å². The van der Waals surface area contributed by atoms with Crippen molar-refractivity contribution in [1.29, 1.82) is 0 Å². The Morgan fingerprint density at radius 2 is 1.65 bits per heavy atom. The Balaban J connectivity index is 3.65. The highest BCUT2D eigenvalue weighted by molar-refractivity contribution is 8.00. The predicted octanol–water partition coefficient (Wildman–Crippen LogP) is 2.98. The van der Waals surface area contributed by atoms with E-state index < -0.39 is 32.3 Å². The lowest BCUT2D eigenvalue weighted by molar-refractivity contribution is -0.166. The quantitative estimate of drug-likeness (QED) is 0.804. The molecular weight excluding hydrogens is 293 g/mol. The van der Waals surface area contributed by atoms with Crippen LogP contribution in [-0.4, -0.2) is 26.6 Å². The van der Waals surface area contributed by atoms with Gasteiger partial charge in [0.1, 0.15) is 0 Å². The Labute approximate surface area is 115 Å². The molecule has 0 aliphatic carbocycles. The average molecular weight is 306 g/mol. The monoisotopic (exact) mass is 306 g/mol. The number of ketones is 1. The summed E-state index contributed by atoms with van der Waals surface area (Å²) < 4.78 is 61.3. The van der Waals surface area contributed by atoms with E-state index in [-0.39, 0.29) is 12.0 Å². The van der Waals surface area contributed by atoms with Crippen LogP contribution in [-0.2, 0) is 14.6 Å². The molecule has 0 saturated carbocycles. The number of carbonyl (C=O) groups is 1. The molecule has 0 unspecified atom stereocenters. The first kappa shape index (κ1) is 16.4. The van der Waals surface area contributed by atoms with Crippen LogP contribution in [0.25, 0.3) is 4.91 Å². The molecule has 0 atom stereocenters. The van der Waals surface area contributed by atoms with Crippen LogP contribution in [0.3, 0.4) is 0 Å². The highest BCUT2D eigenvalue weighted by Gasteiger charge is 2.42. The third-order valence-corrected chi connectivity index (χ3v) is 3.79. The zero-order valence-electron chi connectivity index (χ0n) is 10.9. The van der Waals surface area contributed by atoms with E-state index in [4.69, 9.17) is 0 Å². The Morgan fingerprint density at radius 3 is 2.00 bits per heavy atom. The van der Waals surface area contributed by atoms with Crippen LogP contribution >= 0.6 is 0 Å². The highest BCUT2D eigenvalue weighted by Crippen LogP contribution is 2.31. The molecule has 0 amide bonds. The average Bonchev–Trinajstić information content (AvgIpc) is 2.33. The number of sulfone groups is 1. The molecule has 0 aromatic heterocycles. The van der Waals surface area contributed by atoms with Gasteiger partial charge in [-0.15, -0.1) is 0 Å². The molecule has 110 valence electrons. The molecule has 0 fully saturated rings. The predicted molar refractivity (Wildman–Crippen MR) is 69.6 cm³/mol. The summed E-state index contributed by atoms with van der Waals surface area (Å²) in [6, 6.07) is 7.30. The molecule has 1 aromatic rings. The van der Waals surface area contributed by atoms with E-state index >= 15 is 0 Å². The van der Waals surface area contributed by atoms with Crippen LogP contribution in [0, 0.1) is 0 Å². The molecular formula is C13H13F3O3S. The van der Waals surface area contributed by atoms with Gasteiger partial charge in [-0.3, -0.25) is 4.79 Å². The zero-order valence-corrected chi connectivity index (χ0v) is 11.7. The minimum absolute atomic E-state index is 0.0736. The van der Waals surface area contributed by atoms with Crippen molar-refractivity contribution >= 4 is 20.5 Å². The Hall–Kier alpha value is -1.63. The maximum absolute atomic E-state index is 12.6. The van der Waals surface area contributed by atoms with Gasteiger partial charge in [0.2, 0.25) is 0 Å². The molecule has 0 bridgehead atoms. The van der Waals surface area contributed by atoms with Crippen molar-refractivity contribution < 1.29 is 26.4 Å². The van der Waals surface area contributed by atoms with Crippen molar-refractivity contribution in [2.45, 2.75) is 19.5 Å². The second kappa shape index (κ2) is 5.78. The van der Waals surface area contributed by atoms with E-state index in [1.54, 1.807) is 6.07 Å². The van der Waals surface area contributed by atoms with Crippen molar-refractivity contribution in [2.24, 2.45) is 0 Å². The largest absolute Gasteiger partial charge is 0.454 e. The molecule has 0 N–H and O–H groups in total. The Kier molecular flexibility index (Phi) is 4.75. The molecule has 1 aromatic carbocycles. The number of rotatable bonds is 4. The van der Waals surface area contributed by atoms with Crippen molar-refractivity contribution in [2.75, 3.05) is 6.26 Å². The van der Waals surface area contributed by atoms with Crippen LogP contribution in [0.2, 0.25) is 0 Å². The van der Waals surface area contributed by atoms with Gasteiger partial charge in [0.05, 0.1) is 4.91 Å². The van der Waals surface area contributed by atoms with Crippen LogP contribution in [0.5, 0.6) is 0 Å². The lowest BCUT2D eigenvalue weighted by Gasteiger charge is -2.14. The zero-order chi connectivity index (χ0) is 15.6. The van der Waals surface area contributed by atoms with Crippen LogP contribution < -0.4 is 0 Å². The van der Waals surface area contributed by atoms with Gasteiger partial charge in [-0.05, 0) is 12.0 Å². The SMILES string of the molecule is CC/C(C(=O)C(F)(F)F)=C(/c1ccccc1)S(C)(=O)=O. The number of hydrogen-bond donors (Lipinski definition) is 0. The third kappa shape index (κ3) is 3.69. The molecule has 0 heterocycles. The molecule has 7 heteroatoms. The summed E-state index contributed by atoms with van der Waals surface area (Å²) in [4.78, 5) is 10.8. The smallest absolute Gasteiger partial charge is 0.284 e. The summed E-state index contributed by atoms with van der Waals surface area (Å²) in [6.45, 7) is 1.31. The van der Waals surface area contributed by atoms with E-state index in [1.807, 2.05) is 0 Å². The lowest BCUT2D eigenvalue weighted by Crippen LogP contribution is -2.26. The summed E-state index contributed by atoms with van der Waals surface area (Å²) >= 11 is 0. The molecule has 3 nitrogen and oxygen atoms in total. The van der Waals surface area contributed by atoms with Gasteiger partial charge in [0, 0.05) is 11.8 Å². The lowest BCUT2D eigenvalue weighted by atomic mass is 10.0. The van der Waals surface area contributed by atoms with Gasteiger partial charge < -0.3 is 0 Å². The third-order valence-electron chi connectivity index (χ3n) is 2.57. The first-order chi connectivity index (χ1) is 9.09. The Morgan fingerprint density at radius 1 is 1.15 bits per heavy atom. The second-order valence-electron chi connectivity index (χ2n) is 4.13. The Bertz CT molecular complexity index is 629. The van der Waals surface area contributed by atoms with Gasteiger partial charge in [-0.1, -0.05) is 37.3 Å². The first-order valence-corrected chi connectivity index (χ1v) is 7.58. The standard InChI is InChI=1S/C13H13F3O3S/c1-3-10(12(17)13(14,15)16)11(20(2,18)19)9-7-5-4-6-8-9/h4-8H,3H2,1-2H3/b11-10+. The molecule has 0 aliphatic rings. The highest BCUT2D eigenvalue weighted by atomic mass is 32.2.